The zero-order chi connectivity index (χ0) is 57.5. The number of rotatable bonds is 11. The van der Waals surface area contributed by atoms with E-state index >= 15 is 0 Å². The Kier molecular flexibility index (Phi) is 13.9. The van der Waals surface area contributed by atoms with Crippen LogP contribution < -0.4 is 9.30 Å². The van der Waals surface area contributed by atoms with Gasteiger partial charge in [-0.15, -0.1) is 0 Å². The van der Waals surface area contributed by atoms with Crippen LogP contribution in [0.2, 0.25) is 0 Å². The molecule has 0 aliphatic rings. The van der Waals surface area contributed by atoms with Crippen LogP contribution in [0.15, 0.2) is 182 Å². The Morgan fingerprint density at radius 3 is 1.46 bits per heavy atom. The van der Waals surface area contributed by atoms with E-state index in [-0.39, 0.29) is 21.7 Å². The molecule has 0 amide bonds. The highest BCUT2D eigenvalue weighted by molar-refractivity contribution is 6.09. The van der Waals surface area contributed by atoms with Crippen molar-refractivity contribution >= 4 is 21.8 Å². The average Bonchev–Trinajstić information content (AvgIpc) is 4.20. The summed E-state index contributed by atoms with van der Waals surface area (Å²) in [4.78, 5) is 5.06. The van der Waals surface area contributed by atoms with Crippen molar-refractivity contribution in [1.29, 1.82) is 0 Å². The molecule has 3 heterocycles. The van der Waals surface area contributed by atoms with E-state index in [1.54, 1.807) is 0 Å². The first-order chi connectivity index (χ1) is 37.4. The minimum atomic E-state index is -0.533. The van der Waals surface area contributed by atoms with Crippen LogP contribution in [0.5, 0.6) is 11.5 Å². The van der Waals surface area contributed by atoms with E-state index in [2.05, 4.69) is 321 Å². The van der Waals surface area contributed by atoms with Crippen molar-refractivity contribution in [3.63, 3.8) is 0 Å². The predicted molar refractivity (Wildman–Crippen MR) is 335 cm³/mol. The fourth-order valence-corrected chi connectivity index (χ4v) is 11.6. The monoisotopic (exact) mass is 1060 g/mol. The van der Waals surface area contributed by atoms with Crippen LogP contribution in [0, 0.1) is 6.33 Å². The summed E-state index contributed by atoms with van der Waals surface area (Å²) in [6.07, 6.45) is 6.11. The standard InChI is InChI=1S/C75H84N4O/c1-69(2,3)53-34-37-64-63(45-53)62-36-35-60(48-65(62)79(64)66-46-54(38-39-76-66)70(4,5)6)80-61-44-57(73(13,14)50-28-22-19-23-29-50)43-59(47-61)78-49-77(58-41-55(71(7,8)9)40-56(42-58)72(10,11)12)67(74(15,16)51-30-24-20-25-31-51)68(78)75(17,18)52-32-26-21-27-33-52/h19-48H,1-18H3. The number of hydrogen-bond acceptors (Lipinski definition) is 2. The van der Waals surface area contributed by atoms with E-state index in [9.17, 15) is 0 Å². The fraction of sp³-hybridized carbons (Fsp3) is 0.333. The molecule has 5 heteroatoms. The third-order valence-electron chi connectivity index (χ3n) is 17.0. The van der Waals surface area contributed by atoms with E-state index < -0.39 is 16.2 Å². The fourth-order valence-electron chi connectivity index (χ4n) is 11.6. The van der Waals surface area contributed by atoms with Gasteiger partial charge in [-0.25, -0.2) is 4.98 Å². The molecule has 0 aliphatic carbocycles. The molecule has 3 aromatic heterocycles. The summed E-state index contributed by atoms with van der Waals surface area (Å²) in [7, 11) is 0. The number of fused-ring (bicyclic) bond motifs is 3. The van der Waals surface area contributed by atoms with Gasteiger partial charge in [0.05, 0.1) is 33.8 Å². The maximum atomic E-state index is 7.37. The summed E-state index contributed by atoms with van der Waals surface area (Å²) in [5.41, 5.74) is 14.6. The number of nitrogens with zero attached hydrogens (tertiary/aromatic N) is 4. The van der Waals surface area contributed by atoms with Gasteiger partial charge in [0.1, 0.15) is 17.3 Å². The van der Waals surface area contributed by atoms with Crippen LogP contribution in [0.1, 0.15) is 181 Å². The van der Waals surface area contributed by atoms with Crippen LogP contribution in [0.3, 0.4) is 0 Å². The Bertz CT molecular complexity index is 3860. The molecule has 0 aliphatic heterocycles. The normalized spacial score (nSPS) is 13.1. The first kappa shape index (κ1) is 55.8. The van der Waals surface area contributed by atoms with E-state index in [4.69, 9.17) is 9.72 Å². The highest BCUT2D eigenvalue weighted by Gasteiger charge is 2.41. The van der Waals surface area contributed by atoms with Crippen LogP contribution in [0.25, 0.3) is 39.0 Å². The Morgan fingerprint density at radius 1 is 0.388 bits per heavy atom. The number of aromatic nitrogens is 4. The van der Waals surface area contributed by atoms with Crippen LogP contribution in [0.4, 0.5) is 0 Å². The van der Waals surface area contributed by atoms with Crippen molar-refractivity contribution in [2.45, 2.75) is 163 Å². The largest absolute Gasteiger partial charge is 0.458 e. The lowest BCUT2D eigenvalue weighted by Crippen LogP contribution is -2.43. The zero-order valence-corrected chi connectivity index (χ0v) is 51.0. The summed E-state index contributed by atoms with van der Waals surface area (Å²) in [6.45, 7) is 41.7. The third-order valence-corrected chi connectivity index (χ3v) is 17.0. The summed E-state index contributed by atoms with van der Waals surface area (Å²) in [5.74, 6) is 2.35. The van der Waals surface area contributed by atoms with Crippen LogP contribution >= 0.6 is 0 Å². The molecule has 5 nitrogen and oxygen atoms in total. The van der Waals surface area contributed by atoms with Gasteiger partial charge < -0.3 is 4.74 Å². The van der Waals surface area contributed by atoms with Gasteiger partial charge in [-0.2, -0.15) is 0 Å². The molecule has 0 N–H and O–H groups in total. The Morgan fingerprint density at radius 2 is 0.912 bits per heavy atom. The quantitative estimate of drug-likeness (QED) is 0.0956. The number of benzene rings is 7. The highest BCUT2D eigenvalue weighted by atomic mass is 16.5. The molecule has 0 radical (unpaired) electrons. The van der Waals surface area contributed by atoms with Gasteiger partial charge in [-0.05, 0) is 133 Å². The van der Waals surface area contributed by atoms with Gasteiger partial charge in [-0.1, -0.05) is 228 Å². The second-order valence-corrected chi connectivity index (χ2v) is 28.2. The van der Waals surface area contributed by atoms with Crippen molar-refractivity contribution in [3.8, 4) is 28.7 Å². The Balaban J connectivity index is 1.28. The lowest BCUT2D eigenvalue weighted by molar-refractivity contribution is -0.611. The molecule has 410 valence electrons. The number of ether oxygens (including phenoxy) is 1. The predicted octanol–water partition coefficient (Wildman–Crippen LogP) is 19.0. The molecular formula is C75H84N4O. The summed E-state index contributed by atoms with van der Waals surface area (Å²) in [6, 6.07) is 64.8. The smallest absolute Gasteiger partial charge is 0.269 e. The lowest BCUT2D eigenvalue weighted by Gasteiger charge is -2.35. The average molecular weight is 1060 g/mol. The van der Waals surface area contributed by atoms with E-state index in [1.165, 1.54) is 44.3 Å². The minimum Gasteiger partial charge on any atom is -0.458 e. The first-order valence-electron chi connectivity index (χ1n) is 28.8. The highest BCUT2D eigenvalue weighted by Crippen LogP contribution is 2.45. The van der Waals surface area contributed by atoms with E-state index in [0.717, 1.165) is 62.1 Å². The van der Waals surface area contributed by atoms with Crippen molar-refractivity contribution in [3.05, 3.63) is 244 Å². The first-order valence-corrected chi connectivity index (χ1v) is 28.8. The second-order valence-electron chi connectivity index (χ2n) is 28.2. The maximum Gasteiger partial charge on any atom is 0.269 e. The number of hydrogen-bond donors (Lipinski definition) is 0. The van der Waals surface area contributed by atoms with Gasteiger partial charge in [0.25, 0.3) is 6.33 Å². The molecule has 0 spiro atoms. The minimum absolute atomic E-state index is 0.0250. The number of pyridine rings is 1. The summed E-state index contributed by atoms with van der Waals surface area (Å²) < 4.78 is 14.5. The molecule has 80 heavy (non-hydrogen) atoms. The van der Waals surface area contributed by atoms with Gasteiger partial charge in [-0.3, -0.25) is 13.7 Å². The van der Waals surface area contributed by atoms with Gasteiger partial charge >= 0.3 is 0 Å². The second kappa shape index (κ2) is 19.9. The van der Waals surface area contributed by atoms with Gasteiger partial charge in [0, 0.05) is 39.3 Å². The summed E-state index contributed by atoms with van der Waals surface area (Å²) in [5, 5.41) is 2.34. The van der Waals surface area contributed by atoms with Crippen molar-refractivity contribution in [2.75, 3.05) is 0 Å². The van der Waals surface area contributed by atoms with E-state index in [1.807, 2.05) is 6.20 Å². The molecule has 7 aromatic carbocycles. The summed E-state index contributed by atoms with van der Waals surface area (Å²) >= 11 is 0. The van der Waals surface area contributed by atoms with Crippen LogP contribution in [-0.4, -0.2) is 14.1 Å². The van der Waals surface area contributed by atoms with Crippen molar-refractivity contribution < 1.29 is 9.30 Å². The SMILES string of the molecule is CC(C)(C)c1cc(-[n+]2[c-]n(-c3cc(Oc4ccc5c6cc(C(C)(C)C)ccc6n(-c6cc(C(C)(C)C)ccn6)c5c4)cc(C(C)(C)c4ccccc4)c3)c(C(C)(C)c3ccccc3)c2C(C)(C)c2ccccc2)cc(C(C)(C)C)c1. The molecule has 10 rings (SSSR count). The lowest BCUT2D eigenvalue weighted by atomic mass is 9.73. The van der Waals surface area contributed by atoms with Crippen molar-refractivity contribution in [2.24, 2.45) is 0 Å². The van der Waals surface area contributed by atoms with Gasteiger partial charge in [0.2, 0.25) is 0 Å². The molecule has 0 saturated carbocycles. The molecule has 10 aromatic rings. The van der Waals surface area contributed by atoms with Crippen molar-refractivity contribution in [1.82, 2.24) is 14.1 Å². The maximum absolute atomic E-state index is 7.37. The third kappa shape index (κ3) is 10.5. The molecular weight excluding hydrogens is 973 g/mol. The topological polar surface area (TPSA) is 35.9 Å². The Labute approximate surface area is 478 Å². The zero-order valence-electron chi connectivity index (χ0n) is 51.0. The molecule has 0 saturated heterocycles. The number of imidazole rings is 1. The van der Waals surface area contributed by atoms with Gasteiger partial charge in [0.15, 0.2) is 0 Å². The molecule has 0 bridgehead atoms. The molecule has 0 fully saturated rings. The van der Waals surface area contributed by atoms with E-state index in [0.29, 0.717) is 0 Å². The molecule has 0 atom stereocenters. The Hall–Kier alpha value is -7.50. The van der Waals surface area contributed by atoms with Crippen LogP contribution in [-0.2, 0) is 37.9 Å². The molecule has 0 unspecified atom stereocenters.